The first kappa shape index (κ1) is 33.0. The first-order valence-electron chi connectivity index (χ1n) is 12.7. The molecule has 0 aliphatic carbocycles. The SMILES string of the molecule is CC[C@H](C)NC(=O)[C@H](CC)N(Cc1c(Cl)cccc1Cl)C(=O)CCCN(c1ccc(OC)c(Cl)c1)S(C)(=O)=O. The predicted molar refractivity (Wildman–Crippen MR) is 158 cm³/mol. The van der Waals surface area contributed by atoms with Crippen molar-refractivity contribution in [2.45, 2.75) is 65.1 Å². The summed E-state index contributed by atoms with van der Waals surface area (Å²) < 4.78 is 31.5. The predicted octanol–water partition coefficient (Wildman–Crippen LogP) is 5.92. The molecule has 0 heterocycles. The molecule has 0 saturated carbocycles. The van der Waals surface area contributed by atoms with Crippen molar-refractivity contribution in [1.29, 1.82) is 0 Å². The third-order valence-electron chi connectivity index (χ3n) is 6.35. The monoisotopic (exact) mass is 619 g/mol. The van der Waals surface area contributed by atoms with Crippen molar-refractivity contribution >= 4 is 62.3 Å². The Morgan fingerprint density at radius 3 is 2.18 bits per heavy atom. The van der Waals surface area contributed by atoms with Crippen molar-refractivity contribution in [1.82, 2.24) is 10.2 Å². The van der Waals surface area contributed by atoms with E-state index < -0.39 is 16.1 Å². The van der Waals surface area contributed by atoms with E-state index in [1.54, 1.807) is 30.3 Å². The normalized spacial score (nSPS) is 12.9. The van der Waals surface area contributed by atoms with Gasteiger partial charge in [-0.3, -0.25) is 13.9 Å². The summed E-state index contributed by atoms with van der Waals surface area (Å²) in [6, 6.07) is 8.91. The fourth-order valence-electron chi connectivity index (χ4n) is 4.03. The summed E-state index contributed by atoms with van der Waals surface area (Å²) in [6.07, 6.45) is 2.39. The molecule has 1 N–H and O–H groups in total. The molecule has 0 aliphatic rings. The van der Waals surface area contributed by atoms with Crippen LogP contribution in [0, 0.1) is 0 Å². The van der Waals surface area contributed by atoms with Gasteiger partial charge < -0.3 is 15.0 Å². The van der Waals surface area contributed by atoms with E-state index >= 15 is 0 Å². The zero-order valence-electron chi connectivity index (χ0n) is 22.8. The Bertz CT molecular complexity index is 1240. The van der Waals surface area contributed by atoms with Crippen LogP contribution in [-0.4, -0.2) is 57.1 Å². The van der Waals surface area contributed by atoms with Crippen molar-refractivity contribution < 1.29 is 22.7 Å². The minimum Gasteiger partial charge on any atom is -0.495 e. The van der Waals surface area contributed by atoms with Gasteiger partial charge in [0.2, 0.25) is 21.8 Å². The van der Waals surface area contributed by atoms with E-state index in [1.807, 2.05) is 20.8 Å². The lowest BCUT2D eigenvalue weighted by molar-refractivity contribution is -0.141. The molecule has 0 bridgehead atoms. The van der Waals surface area contributed by atoms with Crippen LogP contribution in [0.25, 0.3) is 0 Å². The van der Waals surface area contributed by atoms with Gasteiger partial charge in [0.15, 0.2) is 0 Å². The molecule has 0 aromatic heterocycles. The Kier molecular flexibility index (Phi) is 12.7. The van der Waals surface area contributed by atoms with Crippen LogP contribution >= 0.6 is 34.8 Å². The molecule has 0 unspecified atom stereocenters. The molecule has 39 heavy (non-hydrogen) atoms. The molecule has 2 aromatic rings. The number of carbonyl (C=O) groups excluding carboxylic acids is 2. The van der Waals surface area contributed by atoms with E-state index in [-0.39, 0.29) is 48.8 Å². The maximum Gasteiger partial charge on any atom is 0.243 e. The lowest BCUT2D eigenvalue weighted by Gasteiger charge is -2.32. The van der Waals surface area contributed by atoms with E-state index in [4.69, 9.17) is 39.5 Å². The molecule has 12 heteroatoms. The Morgan fingerprint density at radius 2 is 1.67 bits per heavy atom. The van der Waals surface area contributed by atoms with Crippen molar-refractivity contribution in [2.24, 2.45) is 0 Å². The third-order valence-corrected chi connectivity index (χ3v) is 8.55. The number of hydrogen-bond donors (Lipinski definition) is 1. The summed E-state index contributed by atoms with van der Waals surface area (Å²) in [6.45, 7) is 5.75. The highest BCUT2D eigenvalue weighted by atomic mass is 35.5. The number of carbonyl (C=O) groups is 2. The lowest BCUT2D eigenvalue weighted by atomic mass is 10.1. The smallest absolute Gasteiger partial charge is 0.243 e. The molecular formula is C27H36Cl3N3O5S. The van der Waals surface area contributed by atoms with Crippen LogP contribution in [0.5, 0.6) is 5.75 Å². The number of halogens is 3. The van der Waals surface area contributed by atoms with Crippen LogP contribution in [0.3, 0.4) is 0 Å². The second kappa shape index (κ2) is 15.0. The second-order valence-electron chi connectivity index (χ2n) is 9.22. The van der Waals surface area contributed by atoms with Gasteiger partial charge in [-0.2, -0.15) is 0 Å². The average Bonchev–Trinajstić information content (AvgIpc) is 2.87. The summed E-state index contributed by atoms with van der Waals surface area (Å²) in [4.78, 5) is 28.2. The van der Waals surface area contributed by atoms with Gasteiger partial charge in [0.1, 0.15) is 11.8 Å². The molecule has 216 valence electrons. The van der Waals surface area contributed by atoms with E-state index in [9.17, 15) is 18.0 Å². The highest BCUT2D eigenvalue weighted by molar-refractivity contribution is 7.92. The Balaban J connectivity index is 2.30. The Morgan fingerprint density at radius 1 is 1.03 bits per heavy atom. The van der Waals surface area contributed by atoms with Crippen LogP contribution in [-0.2, 0) is 26.2 Å². The van der Waals surface area contributed by atoms with Gasteiger partial charge in [-0.25, -0.2) is 8.42 Å². The number of benzene rings is 2. The molecule has 2 rings (SSSR count). The van der Waals surface area contributed by atoms with Gasteiger partial charge in [0, 0.05) is 41.2 Å². The number of sulfonamides is 1. The van der Waals surface area contributed by atoms with Crippen LogP contribution in [0.15, 0.2) is 36.4 Å². The number of hydrogen-bond acceptors (Lipinski definition) is 5. The van der Waals surface area contributed by atoms with Crippen LogP contribution in [0.4, 0.5) is 5.69 Å². The molecule has 0 spiro atoms. The molecule has 8 nitrogen and oxygen atoms in total. The van der Waals surface area contributed by atoms with Gasteiger partial charge in [-0.05, 0) is 56.5 Å². The molecule has 2 aromatic carbocycles. The minimum atomic E-state index is -3.67. The summed E-state index contributed by atoms with van der Waals surface area (Å²) in [7, 11) is -2.21. The maximum absolute atomic E-state index is 13.6. The number of ether oxygens (including phenoxy) is 1. The zero-order valence-corrected chi connectivity index (χ0v) is 25.9. The zero-order chi connectivity index (χ0) is 29.3. The van der Waals surface area contributed by atoms with E-state index in [2.05, 4.69) is 5.32 Å². The van der Waals surface area contributed by atoms with Crippen LogP contribution in [0.1, 0.15) is 52.0 Å². The van der Waals surface area contributed by atoms with Gasteiger partial charge in [-0.15, -0.1) is 0 Å². The number of anilines is 1. The van der Waals surface area contributed by atoms with Gasteiger partial charge in [-0.1, -0.05) is 54.7 Å². The number of rotatable bonds is 14. The highest BCUT2D eigenvalue weighted by Crippen LogP contribution is 2.31. The molecule has 2 atom stereocenters. The summed E-state index contributed by atoms with van der Waals surface area (Å²) in [5, 5.41) is 3.99. The van der Waals surface area contributed by atoms with Crippen LogP contribution in [0.2, 0.25) is 15.1 Å². The van der Waals surface area contributed by atoms with Crippen molar-refractivity contribution in [3.8, 4) is 5.75 Å². The fourth-order valence-corrected chi connectivity index (χ4v) is 5.75. The highest BCUT2D eigenvalue weighted by Gasteiger charge is 2.30. The maximum atomic E-state index is 13.6. The van der Waals surface area contributed by atoms with Crippen molar-refractivity contribution in [2.75, 3.05) is 24.2 Å². The number of methoxy groups -OCH3 is 1. The summed E-state index contributed by atoms with van der Waals surface area (Å²) in [5.41, 5.74) is 0.893. The Labute approximate surface area is 246 Å². The average molecular weight is 621 g/mol. The molecule has 2 amide bonds. The Hall–Kier alpha value is -2.20. The second-order valence-corrected chi connectivity index (χ2v) is 12.3. The van der Waals surface area contributed by atoms with Crippen molar-refractivity contribution in [3.63, 3.8) is 0 Å². The topological polar surface area (TPSA) is 96.0 Å². The summed E-state index contributed by atoms with van der Waals surface area (Å²) in [5.74, 6) is -0.174. The van der Waals surface area contributed by atoms with Crippen LogP contribution < -0.4 is 14.4 Å². The van der Waals surface area contributed by atoms with Gasteiger partial charge in [0.05, 0.1) is 24.1 Å². The molecule has 0 fully saturated rings. The van der Waals surface area contributed by atoms with E-state index in [1.165, 1.54) is 22.4 Å². The number of nitrogens with zero attached hydrogens (tertiary/aromatic N) is 2. The standard InChI is InChI=1S/C27H36Cl3N3O5S/c1-6-18(3)31-27(35)24(7-2)32(17-20-21(28)10-8-11-22(20)29)26(34)12-9-15-33(39(5,36)37)19-13-14-25(38-4)23(30)16-19/h8,10-11,13-14,16,18,24H,6-7,9,12,15,17H2,1-5H3,(H,31,35)/t18-,24-/m0/s1. The third kappa shape index (κ3) is 9.17. The quantitative estimate of drug-likeness (QED) is 0.283. The van der Waals surface area contributed by atoms with Gasteiger partial charge in [0.25, 0.3) is 0 Å². The molecule has 0 radical (unpaired) electrons. The first-order valence-corrected chi connectivity index (χ1v) is 15.7. The lowest BCUT2D eigenvalue weighted by Crippen LogP contribution is -2.50. The number of nitrogens with one attached hydrogen (secondary N) is 1. The first-order chi connectivity index (χ1) is 18.3. The molecule has 0 saturated heterocycles. The molecule has 0 aliphatic heterocycles. The molecular weight excluding hydrogens is 585 g/mol. The minimum absolute atomic E-state index is 0.00884. The van der Waals surface area contributed by atoms with Gasteiger partial charge >= 0.3 is 0 Å². The fraction of sp³-hybridized carbons (Fsp3) is 0.481. The number of amides is 2. The van der Waals surface area contributed by atoms with E-state index in [0.717, 1.165) is 12.7 Å². The van der Waals surface area contributed by atoms with E-state index in [0.29, 0.717) is 33.5 Å². The summed E-state index contributed by atoms with van der Waals surface area (Å²) >= 11 is 19.0. The van der Waals surface area contributed by atoms with Crippen molar-refractivity contribution in [3.05, 3.63) is 57.0 Å². The largest absolute Gasteiger partial charge is 0.495 e.